The van der Waals surface area contributed by atoms with E-state index in [4.69, 9.17) is 4.74 Å². The molecular formula is C23H19F3N4O4. The lowest BCUT2D eigenvalue weighted by Gasteiger charge is -2.28. The molecule has 4 rings (SSSR count). The first-order valence-corrected chi connectivity index (χ1v) is 10.2. The van der Waals surface area contributed by atoms with Crippen LogP contribution < -0.4 is 14.8 Å². The Bertz CT molecular complexity index is 1230. The van der Waals surface area contributed by atoms with Gasteiger partial charge in [0.2, 0.25) is 5.95 Å². The van der Waals surface area contributed by atoms with Crippen LogP contribution in [0.1, 0.15) is 32.0 Å². The highest BCUT2D eigenvalue weighted by Gasteiger charge is 2.31. The van der Waals surface area contributed by atoms with Gasteiger partial charge in [-0.1, -0.05) is 12.1 Å². The number of carbonyl (C=O) groups excluding carboxylic acids is 2. The molecule has 34 heavy (non-hydrogen) atoms. The number of nitrogens with zero attached hydrogens (tertiary/aromatic N) is 3. The fourth-order valence-corrected chi connectivity index (χ4v) is 3.50. The van der Waals surface area contributed by atoms with Crippen molar-refractivity contribution < 1.29 is 32.2 Å². The lowest BCUT2D eigenvalue weighted by Crippen LogP contribution is -2.36. The number of amides is 2. The molecule has 3 aromatic rings. The maximum atomic E-state index is 12.8. The Morgan fingerprint density at radius 2 is 1.76 bits per heavy atom. The minimum absolute atomic E-state index is 0.0771. The van der Waals surface area contributed by atoms with Gasteiger partial charge >= 0.3 is 6.36 Å². The topological polar surface area (TPSA) is 93.6 Å². The maximum Gasteiger partial charge on any atom is 0.573 e. The van der Waals surface area contributed by atoms with Crippen LogP contribution >= 0.6 is 0 Å². The highest BCUT2D eigenvalue weighted by Crippen LogP contribution is 2.25. The van der Waals surface area contributed by atoms with E-state index in [1.807, 2.05) is 0 Å². The number of benzene rings is 2. The molecule has 8 nitrogen and oxygen atoms in total. The molecule has 1 aliphatic rings. The molecule has 0 bridgehead atoms. The largest absolute Gasteiger partial charge is 0.573 e. The Morgan fingerprint density at radius 3 is 2.50 bits per heavy atom. The van der Waals surface area contributed by atoms with Crippen molar-refractivity contribution >= 4 is 17.8 Å². The second-order valence-electron chi connectivity index (χ2n) is 7.40. The van der Waals surface area contributed by atoms with Gasteiger partial charge in [-0.3, -0.25) is 14.9 Å². The van der Waals surface area contributed by atoms with Crippen molar-refractivity contribution in [3.8, 4) is 11.5 Å². The van der Waals surface area contributed by atoms with Crippen LogP contribution in [-0.2, 0) is 13.0 Å². The minimum atomic E-state index is -4.84. The number of nitrogens with one attached hydrogen (secondary N) is 1. The molecule has 0 saturated heterocycles. The maximum absolute atomic E-state index is 12.8. The van der Waals surface area contributed by atoms with E-state index in [-0.39, 0.29) is 18.1 Å². The number of ether oxygens (including phenoxy) is 2. The number of hydrogen-bond donors (Lipinski definition) is 1. The summed E-state index contributed by atoms with van der Waals surface area (Å²) in [5.74, 6) is -0.626. The zero-order chi connectivity index (χ0) is 24.3. The predicted molar refractivity (Wildman–Crippen MR) is 115 cm³/mol. The fourth-order valence-electron chi connectivity index (χ4n) is 3.50. The normalized spacial score (nSPS) is 13.1. The lowest BCUT2D eigenvalue weighted by molar-refractivity contribution is -0.274. The third-order valence-electron chi connectivity index (χ3n) is 5.09. The van der Waals surface area contributed by atoms with Gasteiger partial charge in [-0.05, 0) is 36.4 Å². The molecule has 11 heteroatoms. The second kappa shape index (κ2) is 9.38. The first-order valence-electron chi connectivity index (χ1n) is 10.2. The SMILES string of the molecule is COc1cccc(C(=O)Nc2ncc3c(n2)CCN(C(=O)c2cccc(OC(F)(F)F)c2)C3)c1. The first-order chi connectivity index (χ1) is 16.2. The molecule has 176 valence electrons. The third-order valence-corrected chi connectivity index (χ3v) is 5.09. The molecule has 0 atom stereocenters. The van der Waals surface area contributed by atoms with E-state index < -0.39 is 23.9 Å². The zero-order valence-corrected chi connectivity index (χ0v) is 17.9. The third kappa shape index (κ3) is 5.42. The van der Waals surface area contributed by atoms with Gasteiger partial charge in [0.1, 0.15) is 11.5 Å². The summed E-state index contributed by atoms with van der Waals surface area (Å²) in [6, 6.07) is 11.6. The Kier molecular flexibility index (Phi) is 6.35. The highest BCUT2D eigenvalue weighted by molar-refractivity contribution is 6.03. The van der Waals surface area contributed by atoms with E-state index in [1.54, 1.807) is 24.3 Å². The quantitative estimate of drug-likeness (QED) is 0.607. The van der Waals surface area contributed by atoms with Crippen LogP contribution in [0.4, 0.5) is 19.1 Å². The van der Waals surface area contributed by atoms with Crippen molar-refractivity contribution in [2.75, 3.05) is 19.0 Å². The van der Waals surface area contributed by atoms with Crippen LogP contribution in [0, 0.1) is 0 Å². The molecule has 0 radical (unpaired) electrons. The van der Waals surface area contributed by atoms with Gasteiger partial charge in [0, 0.05) is 42.4 Å². The van der Waals surface area contributed by atoms with Crippen LogP contribution in [0.2, 0.25) is 0 Å². The average molecular weight is 472 g/mol. The van der Waals surface area contributed by atoms with Crippen molar-refractivity contribution in [2.45, 2.75) is 19.3 Å². The number of carbonyl (C=O) groups is 2. The Hall–Kier alpha value is -4.15. The van der Waals surface area contributed by atoms with Gasteiger partial charge in [-0.2, -0.15) is 0 Å². The summed E-state index contributed by atoms with van der Waals surface area (Å²) in [6.45, 7) is 0.485. The van der Waals surface area contributed by atoms with Crippen molar-refractivity contribution in [3.63, 3.8) is 0 Å². The van der Waals surface area contributed by atoms with Gasteiger partial charge in [0.05, 0.1) is 12.8 Å². The Labute approximate surface area is 192 Å². The molecular weight excluding hydrogens is 453 g/mol. The molecule has 1 aromatic heterocycles. The van der Waals surface area contributed by atoms with E-state index in [0.29, 0.717) is 35.5 Å². The lowest BCUT2D eigenvalue weighted by atomic mass is 10.1. The summed E-state index contributed by atoms with van der Waals surface area (Å²) in [4.78, 5) is 35.4. The van der Waals surface area contributed by atoms with Gasteiger partial charge in [0.15, 0.2) is 0 Å². The van der Waals surface area contributed by atoms with Crippen molar-refractivity contribution in [3.05, 3.63) is 77.1 Å². The van der Waals surface area contributed by atoms with Gasteiger partial charge in [-0.25, -0.2) is 9.97 Å². The minimum Gasteiger partial charge on any atom is -0.497 e. The standard InChI is InChI=1S/C23H19F3N4O4/c1-33-17-6-2-4-14(10-17)20(31)29-22-27-12-16-13-30(9-8-19(16)28-22)21(32)15-5-3-7-18(11-15)34-23(24,25)26/h2-7,10-12H,8-9,13H2,1H3,(H,27,28,29,31). The van der Waals surface area contributed by atoms with Crippen molar-refractivity contribution in [2.24, 2.45) is 0 Å². The fraction of sp³-hybridized carbons (Fsp3) is 0.217. The summed E-state index contributed by atoms with van der Waals surface area (Å²) >= 11 is 0. The number of methoxy groups -OCH3 is 1. The molecule has 2 amide bonds. The van der Waals surface area contributed by atoms with Crippen LogP contribution in [0.3, 0.4) is 0 Å². The van der Waals surface area contributed by atoms with E-state index in [2.05, 4.69) is 20.0 Å². The number of alkyl halides is 3. The molecule has 2 heterocycles. The molecule has 0 fully saturated rings. The van der Waals surface area contributed by atoms with Crippen molar-refractivity contribution in [1.29, 1.82) is 0 Å². The monoisotopic (exact) mass is 472 g/mol. The van der Waals surface area contributed by atoms with Gasteiger partial charge < -0.3 is 14.4 Å². The summed E-state index contributed by atoms with van der Waals surface area (Å²) in [5.41, 5.74) is 1.82. The second-order valence-corrected chi connectivity index (χ2v) is 7.40. The summed E-state index contributed by atoms with van der Waals surface area (Å²) in [5, 5.41) is 2.64. The smallest absolute Gasteiger partial charge is 0.497 e. The molecule has 0 saturated carbocycles. The number of fused-ring (bicyclic) bond motifs is 1. The molecule has 1 N–H and O–H groups in total. The van der Waals surface area contributed by atoms with E-state index in [1.165, 1.54) is 30.3 Å². The average Bonchev–Trinajstić information content (AvgIpc) is 2.82. The van der Waals surface area contributed by atoms with Gasteiger partial charge in [-0.15, -0.1) is 13.2 Å². The summed E-state index contributed by atoms with van der Waals surface area (Å²) in [6.07, 6.45) is -2.93. The Morgan fingerprint density at radius 1 is 1.06 bits per heavy atom. The van der Waals surface area contributed by atoms with Crippen LogP contribution in [0.15, 0.2) is 54.7 Å². The zero-order valence-electron chi connectivity index (χ0n) is 17.9. The molecule has 0 spiro atoms. The number of rotatable bonds is 5. The first kappa shape index (κ1) is 23.0. The van der Waals surface area contributed by atoms with E-state index in [9.17, 15) is 22.8 Å². The van der Waals surface area contributed by atoms with E-state index in [0.717, 1.165) is 12.1 Å². The summed E-state index contributed by atoms with van der Waals surface area (Å²) in [7, 11) is 1.50. The predicted octanol–water partition coefficient (Wildman–Crippen LogP) is 3.83. The number of aromatic nitrogens is 2. The number of anilines is 1. The number of hydrogen-bond acceptors (Lipinski definition) is 6. The molecule has 1 aliphatic heterocycles. The van der Waals surface area contributed by atoms with E-state index >= 15 is 0 Å². The van der Waals surface area contributed by atoms with Gasteiger partial charge in [0.25, 0.3) is 11.8 Å². The number of halogens is 3. The van der Waals surface area contributed by atoms with Crippen LogP contribution in [-0.4, -0.2) is 46.7 Å². The highest BCUT2D eigenvalue weighted by atomic mass is 19.4. The van der Waals surface area contributed by atoms with Crippen LogP contribution in [0.5, 0.6) is 11.5 Å². The summed E-state index contributed by atoms with van der Waals surface area (Å²) < 4.78 is 46.4. The van der Waals surface area contributed by atoms with Crippen molar-refractivity contribution in [1.82, 2.24) is 14.9 Å². The molecule has 2 aromatic carbocycles. The van der Waals surface area contributed by atoms with Crippen LogP contribution in [0.25, 0.3) is 0 Å². The molecule has 0 aliphatic carbocycles. The molecule has 0 unspecified atom stereocenters. The Balaban J connectivity index is 1.44.